The normalized spacial score (nSPS) is 13.0. The second-order valence-corrected chi connectivity index (χ2v) is 29.7. The predicted molar refractivity (Wildman–Crippen MR) is 128 cm³/mol. The average molecular weight is 411 g/mol. The first-order valence-corrected chi connectivity index (χ1v) is 20.2. The van der Waals surface area contributed by atoms with Crippen LogP contribution in [0.15, 0.2) is 72.8 Å². The molecule has 2 aromatic carbocycles. The van der Waals surface area contributed by atoms with Gasteiger partial charge in [0.05, 0.1) is 15.7 Å². The molecule has 0 bridgehead atoms. The molecule has 0 fully saturated rings. The molecule has 0 atom stereocenters. The van der Waals surface area contributed by atoms with E-state index in [0.29, 0.717) is 0 Å². The maximum absolute atomic E-state index is 2.61. The van der Waals surface area contributed by atoms with Gasteiger partial charge in [0.15, 0.2) is 0 Å². The van der Waals surface area contributed by atoms with Crippen molar-refractivity contribution in [2.45, 2.75) is 39.3 Å². The maximum atomic E-state index is 2.61. The van der Waals surface area contributed by atoms with E-state index in [9.17, 15) is 0 Å². The summed E-state index contributed by atoms with van der Waals surface area (Å²) in [4.78, 5) is 0. The van der Waals surface area contributed by atoms with Gasteiger partial charge >= 0.3 is 0 Å². The SMILES string of the molecule is C[Si](C)(C)c1ccc([Si](C)(C)[Si](C)(c2ccccc2)c2ccccc2)s1. The molecular formula is C22H30SSi3. The highest BCUT2D eigenvalue weighted by Crippen LogP contribution is 2.22. The summed E-state index contributed by atoms with van der Waals surface area (Å²) in [7, 11) is -4.80. The van der Waals surface area contributed by atoms with Gasteiger partial charge in [-0.3, -0.25) is 0 Å². The van der Waals surface area contributed by atoms with Crippen molar-refractivity contribution in [3.05, 3.63) is 72.8 Å². The van der Waals surface area contributed by atoms with E-state index in [4.69, 9.17) is 0 Å². The first-order valence-electron chi connectivity index (χ1n) is 9.39. The van der Waals surface area contributed by atoms with E-state index in [1.54, 1.807) is 19.4 Å². The highest BCUT2D eigenvalue weighted by atomic mass is 32.1. The third-order valence-corrected chi connectivity index (χ3v) is 29.7. The maximum Gasteiger partial charge on any atom is 0.113 e. The molecule has 0 amide bonds. The van der Waals surface area contributed by atoms with Gasteiger partial charge in [-0.05, 0) is 9.00 Å². The van der Waals surface area contributed by atoms with Gasteiger partial charge in [-0.2, -0.15) is 11.3 Å². The third kappa shape index (κ3) is 3.36. The molecule has 0 unspecified atom stereocenters. The minimum Gasteiger partial charge on any atom is -0.155 e. The monoisotopic (exact) mass is 410 g/mol. The summed E-state index contributed by atoms with van der Waals surface area (Å²) in [5.41, 5.74) is 0. The number of hydrogen-bond acceptors (Lipinski definition) is 1. The van der Waals surface area contributed by atoms with Crippen LogP contribution in [0, 0.1) is 0 Å². The molecule has 0 radical (unpaired) electrons. The molecule has 0 aliphatic heterocycles. The lowest BCUT2D eigenvalue weighted by atomic mass is 10.4. The van der Waals surface area contributed by atoms with Crippen molar-refractivity contribution >= 4 is 54.0 Å². The topological polar surface area (TPSA) is 0 Å². The highest BCUT2D eigenvalue weighted by molar-refractivity contribution is 7.59. The molecule has 0 saturated heterocycles. The van der Waals surface area contributed by atoms with Crippen molar-refractivity contribution in [2.24, 2.45) is 0 Å². The van der Waals surface area contributed by atoms with Gasteiger partial charge in [0.25, 0.3) is 0 Å². The molecule has 0 spiro atoms. The first-order chi connectivity index (χ1) is 12.2. The molecule has 1 heterocycles. The van der Waals surface area contributed by atoms with E-state index in [2.05, 4.69) is 123 Å². The van der Waals surface area contributed by atoms with Crippen molar-refractivity contribution in [2.75, 3.05) is 0 Å². The molecule has 4 heteroatoms. The standard InChI is InChI=1S/C22H30SSi3/c1-24(2,3)21-17-18-22(23-21)25(4,5)26(6,19-13-9-7-10-14-19)20-15-11-8-12-16-20/h7-18H,1-6H3. The molecule has 0 nitrogen and oxygen atoms in total. The fourth-order valence-electron chi connectivity index (χ4n) is 3.75. The van der Waals surface area contributed by atoms with Crippen LogP contribution in [-0.4, -0.2) is 23.3 Å². The van der Waals surface area contributed by atoms with Crippen molar-refractivity contribution in [1.29, 1.82) is 0 Å². The Hall–Kier alpha value is -1.21. The van der Waals surface area contributed by atoms with Gasteiger partial charge in [0.2, 0.25) is 0 Å². The molecule has 0 N–H and O–H groups in total. The summed E-state index contributed by atoms with van der Waals surface area (Å²) in [6.07, 6.45) is 0. The van der Waals surface area contributed by atoms with Crippen LogP contribution in [0.5, 0.6) is 0 Å². The van der Waals surface area contributed by atoms with E-state index in [1.807, 2.05) is 0 Å². The Morgan fingerprint density at radius 1 is 0.538 bits per heavy atom. The lowest BCUT2D eigenvalue weighted by Gasteiger charge is -2.41. The molecule has 26 heavy (non-hydrogen) atoms. The lowest BCUT2D eigenvalue weighted by molar-refractivity contribution is 1.69. The van der Waals surface area contributed by atoms with E-state index in [0.717, 1.165) is 0 Å². The Kier molecular flexibility index (Phi) is 5.32. The van der Waals surface area contributed by atoms with E-state index < -0.39 is 23.3 Å². The van der Waals surface area contributed by atoms with Crippen LogP contribution in [0.25, 0.3) is 0 Å². The van der Waals surface area contributed by atoms with Crippen LogP contribution in [0.3, 0.4) is 0 Å². The highest BCUT2D eigenvalue weighted by Gasteiger charge is 2.49. The Morgan fingerprint density at radius 3 is 1.35 bits per heavy atom. The fourth-order valence-corrected chi connectivity index (χ4v) is 21.9. The average Bonchev–Trinajstić information content (AvgIpc) is 3.14. The van der Waals surface area contributed by atoms with Crippen LogP contribution in [0.1, 0.15) is 0 Å². The Labute approximate surface area is 165 Å². The van der Waals surface area contributed by atoms with Gasteiger partial charge in [-0.1, -0.05) is 122 Å². The van der Waals surface area contributed by atoms with Crippen LogP contribution in [0.4, 0.5) is 0 Å². The second-order valence-electron chi connectivity index (χ2n) is 8.90. The summed E-state index contributed by atoms with van der Waals surface area (Å²) in [6.45, 7) is 15.2. The minimum atomic E-state index is -1.85. The van der Waals surface area contributed by atoms with Crippen LogP contribution in [0.2, 0.25) is 39.3 Å². The molecule has 0 aliphatic rings. The molecule has 0 saturated carbocycles. The minimum absolute atomic E-state index is 1.25. The van der Waals surface area contributed by atoms with Crippen molar-refractivity contribution in [3.63, 3.8) is 0 Å². The number of rotatable bonds is 5. The lowest BCUT2D eigenvalue weighted by Crippen LogP contribution is -2.76. The zero-order valence-electron chi connectivity index (χ0n) is 16.8. The van der Waals surface area contributed by atoms with Gasteiger partial charge in [-0.25, -0.2) is 0 Å². The zero-order chi connectivity index (χ0) is 19.0. The second kappa shape index (κ2) is 7.08. The predicted octanol–water partition coefficient (Wildman–Crippen LogP) is 4.18. The first kappa shape index (κ1) is 19.5. The van der Waals surface area contributed by atoms with Crippen molar-refractivity contribution in [1.82, 2.24) is 0 Å². The summed E-state index contributed by atoms with van der Waals surface area (Å²) >= 11 is 2.12. The van der Waals surface area contributed by atoms with Gasteiger partial charge in [0, 0.05) is 0 Å². The Balaban J connectivity index is 2.20. The largest absolute Gasteiger partial charge is 0.155 e. The van der Waals surface area contributed by atoms with Crippen LogP contribution >= 0.6 is 11.3 Å². The van der Waals surface area contributed by atoms with Gasteiger partial charge < -0.3 is 0 Å². The fraction of sp³-hybridized carbons (Fsp3) is 0.273. The Morgan fingerprint density at radius 2 is 0.962 bits per heavy atom. The number of hydrogen-bond donors (Lipinski definition) is 0. The number of benzene rings is 2. The van der Waals surface area contributed by atoms with Gasteiger partial charge in [-0.15, -0.1) is 0 Å². The number of thiophene rings is 1. The van der Waals surface area contributed by atoms with Crippen LogP contribution in [-0.2, 0) is 0 Å². The third-order valence-electron chi connectivity index (χ3n) is 5.91. The zero-order valence-corrected chi connectivity index (χ0v) is 20.7. The van der Waals surface area contributed by atoms with Crippen LogP contribution < -0.4 is 19.4 Å². The van der Waals surface area contributed by atoms with E-state index >= 15 is 0 Å². The molecular weight excluding hydrogens is 381 g/mol. The molecule has 3 aromatic rings. The smallest absolute Gasteiger partial charge is 0.113 e. The summed E-state index contributed by atoms with van der Waals surface area (Å²) < 4.78 is 3.32. The molecule has 0 aliphatic carbocycles. The van der Waals surface area contributed by atoms with Crippen molar-refractivity contribution in [3.8, 4) is 0 Å². The van der Waals surface area contributed by atoms with E-state index in [1.165, 1.54) is 0 Å². The summed E-state index contributed by atoms with van der Waals surface area (Å²) in [5, 5.41) is 3.15. The van der Waals surface area contributed by atoms with Crippen molar-refractivity contribution < 1.29 is 0 Å². The summed E-state index contributed by atoms with van der Waals surface area (Å²) in [5.74, 6) is 0. The summed E-state index contributed by atoms with van der Waals surface area (Å²) in [6, 6.07) is 27.6. The van der Waals surface area contributed by atoms with E-state index in [-0.39, 0.29) is 0 Å². The van der Waals surface area contributed by atoms with Gasteiger partial charge in [0.1, 0.15) is 7.59 Å². The molecule has 1 aromatic heterocycles. The quantitative estimate of drug-likeness (QED) is 0.554. The molecule has 3 rings (SSSR count). The molecule has 136 valence electrons. The Bertz CT molecular complexity index is 822.